The highest BCUT2D eigenvalue weighted by Crippen LogP contribution is 2.20. The largest absolute Gasteiger partial charge is 0.337 e. The van der Waals surface area contributed by atoms with Crippen LogP contribution in [0, 0.1) is 5.92 Å². The maximum atomic E-state index is 12.1. The molecule has 0 spiro atoms. The van der Waals surface area contributed by atoms with Crippen molar-refractivity contribution >= 4 is 5.91 Å². The van der Waals surface area contributed by atoms with Crippen molar-refractivity contribution in [3.63, 3.8) is 0 Å². The average Bonchev–Trinajstić information content (AvgIpc) is 2.43. The van der Waals surface area contributed by atoms with Gasteiger partial charge in [0.2, 0.25) is 0 Å². The Bertz CT molecular complexity index is 465. The third-order valence-electron chi connectivity index (χ3n) is 4.16. The van der Waals surface area contributed by atoms with Crippen molar-refractivity contribution in [2.75, 3.05) is 26.2 Å². The minimum atomic E-state index is 0.0862. The molecule has 0 bridgehead atoms. The monoisotopic (exact) mass is 289 g/mol. The number of carbonyl (C=O) groups excluding carboxylic acids is 1. The summed E-state index contributed by atoms with van der Waals surface area (Å²) in [5.74, 6) is 0.939. The highest BCUT2D eigenvalue weighted by molar-refractivity contribution is 5.92. The van der Waals surface area contributed by atoms with Crippen LogP contribution in [0.1, 0.15) is 49.8 Å². The van der Waals surface area contributed by atoms with Gasteiger partial charge in [-0.15, -0.1) is 0 Å². The molecule has 4 nitrogen and oxygen atoms in total. The normalized spacial score (nSPS) is 18.3. The molecule has 0 radical (unpaired) electrons. The van der Waals surface area contributed by atoms with Crippen LogP contribution in [0.2, 0.25) is 0 Å². The molecule has 0 unspecified atom stereocenters. The highest BCUT2D eigenvalue weighted by Gasteiger charge is 2.26. The van der Waals surface area contributed by atoms with Crippen LogP contribution in [0.25, 0.3) is 0 Å². The number of likely N-dealkylation sites (tertiary alicyclic amines) is 2. The van der Waals surface area contributed by atoms with Gasteiger partial charge in [-0.2, -0.15) is 0 Å². The third-order valence-corrected chi connectivity index (χ3v) is 4.16. The lowest BCUT2D eigenvalue weighted by molar-refractivity contribution is 0.0643. The predicted molar refractivity (Wildman–Crippen MR) is 85.2 cm³/mol. The van der Waals surface area contributed by atoms with E-state index in [2.05, 4.69) is 16.8 Å². The highest BCUT2D eigenvalue weighted by atomic mass is 16.2. The second-order valence-electron chi connectivity index (χ2n) is 5.63. The van der Waals surface area contributed by atoms with Gasteiger partial charge < -0.3 is 4.90 Å². The van der Waals surface area contributed by atoms with Crippen molar-refractivity contribution in [1.29, 1.82) is 0 Å². The van der Waals surface area contributed by atoms with Gasteiger partial charge in [0.1, 0.15) is 5.69 Å². The number of hydrogen-bond donors (Lipinski definition) is 0. The van der Waals surface area contributed by atoms with Crippen LogP contribution in [0.5, 0.6) is 0 Å². The summed E-state index contributed by atoms with van der Waals surface area (Å²) in [5.41, 5.74) is 1.62. The van der Waals surface area contributed by atoms with E-state index < -0.39 is 0 Å². The molecule has 0 aliphatic carbocycles. The minimum Gasteiger partial charge on any atom is -0.337 e. The summed E-state index contributed by atoms with van der Waals surface area (Å²) < 4.78 is 0. The van der Waals surface area contributed by atoms with E-state index in [1.165, 1.54) is 19.5 Å². The van der Waals surface area contributed by atoms with Gasteiger partial charge in [-0.3, -0.25) is 9.69 Å². The molecule has 4 heteroatoms. The molecule has 0 atom stereocenters. The Morgan fingerprint density at radius 3 is 2.57 bits per heavy atom. The van der Waals surface area contributed by atoms with Crippen molar-refractivity contribution in [2.24, 2.45) is 5.92 Å². The quantitative estimate of drug-likeness (QED) is 0.855. The molecular weight excluding hydrogens is 262 g/mol. The van der Waals surface area contributed by atoms with Crippen LogP contribution >= 0.6 is 0 Å². The Hall–Kier alpha value is -1.42. The van der Waals surface area contributed by atoms with Crippen molar-refractivity contribution in [2.45, 2.75) is 40.2 Å². The second-order valence-corrected chi connectivity index (χ2v) is 5.63. The molecule has 1 aromatic rings. The molecule has 21 heavy (non-hydrogen) atoms. The number of carbonyl (C=O) groups is 1. The molecule has 0 N–H and O–H groups in total. The molecule has 0 saturated carbocycles. The summed E-state index contributed by atoms with van der Waals surface area (Å²) in [7, 11) is 0. The van der Waals surface area contributed by atoms with Crippen molar-refractivity contribution < 1.29 is 4.79 Å². The zero-order valence-corrected chi connectivity index (χ0v) is 13.5. The Morgan fingerprint density at radius 1 is 1.29 bits per heavy atom. The Balaban J connectivity index is 0.000000774. The summed E-state index contributed by atoms with van der Waals surface area (Å²) >= 11 is 0. The summed E-state index contributed by atoms with van der Waals surface area (Å²) in [6.45, 7) is 11.2. The van der Waals surface area contributed by atoms with E-state index in [0.29, 0.717) is 5.69 Å². The maximum absolute atomic E-state index is 12.1. The summed E-state index contributed by atoms with van der Waals surface area (Å²) in [4.78, 5) is 20.9. The molecule has 3 rings (SSSR count). The van der Waals surface area contributed by atoms with Gasteiger partial charge in [0, 0.05) is 32.7 Å². The molecule has 0 aromatic carbocycles. The fraction of sp³-hybridized carbons (Fsp3) is 0.647. The zero-order chi connectivity index (χ0) is 15.2. The first kappa shape index (κ1) is 16.0. The summed E-state index contributed by atoms with van der Waals surface area (Å²) in [5, 5.41) is 0. The van der Waals surface area contributed by atoms with Crippen molar-refractivity contribution in [3.8, 4) is 0 Å². The lowest BCUT2D eigenvalue weighted by Gasteiger charge is -2.38. The Kier molecular flexibility index (Phi) is 5.74. The van der Waals surface area contributed by atoms with Gasteiger partial charge in [-0.25, -0.2) is 4.98 Å². The summed E-state index contributed by atoms with van der Waals surface area (Å²) in [6.07, 6.45) is 2.38. The van der Waals surface area contributed by atoms with Crippen LogP contribution in [0.3, 0.4) is 0 Å². The van der Waals surface area contributed by atoms with E-state index >= 15 is 0 Å². The predicted octanol–water partition coefficient (Wildman–Crippen LogP) is 2.80. The molecule has 2 aliphatic rings. The average molecular weight is 289 g/mol. The number of nitrogens with zero attached hydrogens (tertiary/aromatic N) is 3. The van der Waals surface area contributed by atoms with Gasteiger partial charge in [0.15, 0.2) is 0 Å². The molecule has 2 fully saturated rings. The van der Waals surface area contributed by atoms with E-state index in [9.17, 15) is 4.79 Å². The van der Waals surface area contributed by atoms with Crippen molar-refractivity contribution in [3.05, 3.63) is 29.6 Å². The van der Waals surface area contributed by atoms with Crippen LogP contribution in [0.15, 0.2) is 18.2 Å². The molecule has 1 amide bonds. The van der Waals surface area contributed by atoms with Gasteiger partial charge in [0.05, 0.1) is 5.69 Å². The first-order valence-electron chi connectivity index (χ1n) is 8.24. The molecular formula is C17H27N3O. The molecule has 3 heterocycles. The number of amides is 1. The van der Waals surface area contributed by atoms with E-state index in [1.54, 1.807) is 0 Å². The van der Waals surface area contributed by atoms with E-state index in [4.69, 9.17) is 0 Å². The van der Waals surface area contributed by atoms with Crippen LogP contribution in [-0.4, -0.2) is 46.9 Å². The van der Waals surface area contributed by atoms with Gasteiger partial charge >= 0.3 is 0 Å². The fourth-order valence-electron chi connectivity index (χ4n) is 2.66. The molecule has 2 saturated heterocycles. The summed E-state index contributed by atoms with van der Waals surface area (Å²) in [6, 6.07) is 5.80. The van der Waals surface area contributed by atoms with Gasteiger partial charge in [-0.1, -0.05) is 33.3 Å². The standard InChI is InChI=1S/C15H21N3O.C2H6/c1-2-12-9-17(10-12)11-13-5-3-6-14(16-13)15(19)18-7-4-8-18;1-2/h3,5-6,12H,2,4,7-11H2,1H3;1-2H3. The van der Waals surface area contributed by atoms with E-state index in [0.717, 1.165) is 37.7 Å². The molecule has 116 valence electrons. The molecule has 2 aliphatic heterocycles. The van der Waals surface area contributed by atoms with E-state index in [-0.39, 0.29) is 5.91 Å². The van der Waals surface area contributed by atoms with Gasteiger partial charge in [-0.05, 0) is 24.5 Å². The Labute approximate surface area is 128 Å². The number of rotatable bonds is 4. The third kappa shape index (κ3) is 3.82. The molecule has 1 aromatic heterocycles. The zero-order valence-electron chi connectivity index (χ0n) is 13.5. The first-order chi connectivity index (χ1) is 10.3. The smallest absolute Gasteiger partial charge is 0.272 e. The van der Waals surface area contributed by atoms with Crippen LogP contribution in [0.4, 0.5) is 0 Å². The van der Waals surface area contributed by atoms with Crippen molar-refractivity contribution in [1.82, 2.24) is 14.8 Å². The maximum Gasteiger partial charge on any atom is 0.272 e. The topological polar surface area (TPSA) is 36.4 Å². The number of hydrogen-bond acceptors (Lipinski definition) is 3. The van der Waals surface area contributed by atoms with E-state index in [1.807, 2.05) is 36.9 Å². The lowest BCUT2D eigenvalue weighted by atomic mass is 9.97. The first-order valence-corrected chi connectivity index (χ1v) is 8.24. The van der Waals surface area contributed by atoms with Crippen LogP contribution in [-0.2, 0) is 6.54 Å². The SMILES string of the molecule is CC.CCC1CN(Cc2cccc(C(=O)N3CCC3)n2)C1. The number of pyridine rings is 1. The van der Waals surface area contributed by atoms with Crippen LogP contribution < -0.4 is 0 Å². The number of aromatic nitrogens is 1. The fourth-order valence-corrected chi connectivity index (χ4v) is 2.66. The Morgan fingerprint density at radius 2 is 2.00 bits per heavy atom. The lowest BCUT2D eigenvalue weighted by Crippen LogP contribution is -2.45. The van der Waals surface area contributed by atoms with Gasteiger partial charge in [0.25, 0.3) is 5.91 Å². The minimum absolute atomic E-state index is 0.0862. The second kappa shape index (κ2) is 7.55.